The highest BCUT2D eigenvalue weighted by Gasteiger charge is 2.14. The average molecular weight is 295 g/mol. The first-order valence-corrected chi connectivity index (χ1v) is 6.47. The normalized spacial score (nSPS) is 10.3. The molecule has 4 heteroatoms. The molecule has 0 aliphatic rings. The number of benzene rings is 2. The van der Waals surface area contributed by atoms with E-state index in [2.05, 4.69) is 0 Å². The van der Waals surface area contributed by atoms with E-state index in [0.29, 0.717) is 15.6 Å². The molecule has 0 atom stereocenters. The molecule has 0 spiro atoms. The van der Waals surface area contributed by atoms with E-state index >= 15 is 0 Å². The van der Waals surface area contributed by atoms with Crippen molar-refractivity contribution >= 4 is 29.0 Å². The number of methoxy groups -OCH3 is 1. The molecule has 0 radical (unpaired) electrons. The van der Waals surface area contributed by atoms with Crippen LogP contribution in [0.4, 0.5) is 0 Å². The standard InChI is InChI=1S/C15H12Cl2O2/c1-19-11-7-5-10(6-8-11)9-14(18)15-12(16)3-2-4-13(15)17/h2-8H,9H2,1H3. The summed E-state index contributed by atoms with van der Waals surface area (Å²) >= 11 is 12.0. The molecular weight excluding hydrogens is 283 g/mol. The van der Waals surface area contributed by atoms with Gasteiger partial charge in [0.2, 0.25) is 0 Å². The molecule has 2 aromatic rings. The number of carbonyl (C=O) groups excluding carboxylic acids is 1. The number of carbonyl (C=O) groups is 1. The van der Waals surface area contributed by atoms with Gasteiger partial charge < -0.3 is 4.74 Å². The Bertz CT molecular complexity index is 571. The van der Waals surface area contributed by atoms with Gasteiger partial charge in [0.05, 0.1) is 22.7 Å². The van der Waals surface area contributed by atoms with Crippen molar-refractivity contribution < 1.29 is 9.53 Å². The fourth-order valence-corrected chi connectivity index (χ4v) is 2.39. The van der Waals surface area contributed by atoms with Crippen LogP contribution in [0.1, 0.15) is 15.9 Å². The van der Waals surface area contributed by atoms with E-state index in [4.69, 9.17) is 27.9 Å². The van der Waals surface area contributed by atoms with Gasteiger partial charge >= 0.3 is 0 Å². The van der Waals surface area contributed by atoms with Crippen LogP contribution in [0, 0.1) is 0 Å². The monoisotopic (exact) mass is 294 g/mol. The van der Waals surface area contributed by atoms with Crippen molar-refractivity contribution in [2.45, 2.75) is 6.42 Å². The largest absolute Gasteiger partial charge is 0.497 e. The lowest BCUT2D eigenvalue weighted by molar-refractivity contribution is 0.0993. The predicted molar refractivity (Wildman–Crippen MR) is 77.5 cm³/mol. The van der Waals surface area contributed by atoms with Gasteiger partial charge in [-0.15, -0.1) is 0 Å². The summed E-state index contributed by atoms with van der Waals surface area (Å²) in [6.45, 7) is 0. The Kier molecular flexibility index (Phi) is 4.46. The van der Waals surface area contributed by atoms with Gasteiger partial charge in [-0.3, -0.25) is 4.79 Å². The number of hydrogen-bond acceptors (Lipinski definition) is 2. The molecule has 0 bridgehead atoms. The first-order chi connectivity index (χ1) is 9.11. The van der Waals surface area contributed by atoms with Crippen LogP contribution in [-0.4, -0.2) is 12.9 Å². The Hall–Kier alpha value is -1.51. The van der Waals surface area contributed by atoms with Gasteiger partial charge in [-0.05, 0) is 29.8 Å². The molecule has 2 rings (SSSR count). The predicted octanol–water partition coefficient (Wildman–Crippen LogP) is 4.43. The summed E-state index contributed by atoms with van der Waals surface area (Å²) in [6, 6.07) is 12.4. The fourth-order valence-electron chi connectivity index (χ4n) is 1.78. The summed E-state index contributed by atoms with van der Waals surface area (Å²) in [5.74, 6) is 0.660. The van der Waals surface area contributed by atoms with Gasteiger partial charge in [0, 0.05) is 6.42 Å². The van der Waals surface area contributed by atoms with Crippen LogP contribution in [0.25, 0.3) is 0 Å². The van der Waals surface area contributed by atoms with Gasteiger partial charge in [-0.25, -0.2) is 0 Å². The van der Waals surface area contributed by atoms with Gasteiger partial charge in [0.15, 0.2) is 5.78 Å². The van der Waals surface area contributed by atoms with E-state index in [1.807, 2.05) is 24.3 Å². The van der Waals surface area contributed by atoms with Crippen LogP contribution in [0.3, 0.4) is 0 Å². The van der Waals surface area contributed by atoms with Crippen LogP contribution in [0.15, 0.2) is 42.5 Å². The molecule has 19 heavy (non-hydrogen) atoms. The lowest BCUT2D eigenvalue weighted by Crippen LogP contribution is -2.05. The molecule has 0 aliphatic heterocycles. The highest BCUT2D eigenvalue weighted by Crippen LogP contribution is 2.26. The lowest BCUT2D eigenvalue weighted by atomic mass is 10.0. The van der Waals surface area contributed by atoms with Gasteiger partial charge in [0.25, 0.3) is 0 Å². The third kappa shape index (κ3) is 3.28. The Morgan fingerprint density at radius 1 is 1.05 bits per heavy atom. The smallest absolute Gasteiger partial charge is 0.170 e. The van der Waals surface area contributed by atoms with Crippen molar-refractivity contribution in [2.24, 2.45) is 0 Å². The second-order valence-electron chi connectivity index (χ2n) is 4.04. The van der Waals surface area contributed by atoms with Gasteiger partial charge in [0.1, 0.15) is 5.75 Å². The second-order valence-corrected chi connectivity index (χ2v) is 4.86. The van der Waals surface area contributed by atoms with E-state index in [-0.39, 0.29) is 12.2 Å². The third-order valence-electron chi connectivity index (χ3n) is 2.77. The highest BCUT2D eigenvalue weighted by atomic mass is 35.5. The number of ketones is 1. The molecule has 2 nitrogen and oxygen atoms in total. The lowest BCUT2D eigenvalue weighted by Gasteiger charge is -2.06. The van der Waals surface area contributed by atoms with Crippen molar-refractivity contribution in [1.82, 2.24) is 0 Å². The van der Waals surface area contributed by atoms with E-state index in [1.54, 1.807) is 25.3 Å². The maximum Gasteiger partial charge on any atom is 0.170 e. The Morgan fingerprint density at radius 2 is 1.63 bits per heavy atom. The molecule has 0 saturated heterocycles. The van der Waals surface area contributed by atoms with Crippen LogP contribution in [0.2, 0.25) is 10.0 Å². The van der Waals surface area contributed by atoms with Crippen LogP contribution in [0.5, 0.6) is 5.75 Å². The van der Waals surface area contributed by atoms with Gasteiger partial charge in [-0.1, -0.05) is 41.4 Å². The number of rotatable bonds is 4. The summed E-state index contributed by atoms with van der Waals surface area (Å²) in [7, 11) is 1.60. The molecule has 2 aromatic carbocycles. The number of halogens is 2. The minimum Gasteiger partial charge on any atom is -0.497 e. The number of ether oxygens (including phenoxy) is 1. The van der Waals surface area contributed by atoms with Crippen molar-refractivity contribution in [1.29, 1.82) is 0 Å². The molecule has 0 unspecified atom stereocenters. The fraction of sp³-hybridized carbons (Fsp3) is 0.133. The first-order valence-electron chi connectivity index (χ1n) is 5.72. The summed E-state index contributed by atoms with van der Waals surface area (Å²) in [4.78, 5) is 12.2. The Labute approximate surface area is 121 Å². The Morgan fingerprint density at radius 3 is 2.16 bits per heavy atom. The molecule has 0 saturated carbocycles. The molecule has 0 N–H and O–H groups in total. The Balaban J connectivity index is 2.21. The quantitative estimate of drug-likeness (QED) is 0.780. The molecule has 98 valence electrons. The summed E-state index contributed by atoms with van der Waals surface area (Å²) in [6.07, 6.45) is 0.257. The van der Waals surface area contributed by atoms with Crippen molar-refractivity contribution in [2.75, 3.05) is 7.11 Å². The molecular formula is C15H12Cl2O2. The third-order valence-corrected chi connectivity index (χ3v) is 3.40. The topological polar surface area (TPSA) is 26.3 Å². The first kappa shape index (κ1) is 13.9. The molecule has 0 heterocycles. The number of hydrogen-bond donors (Lipinski definition) is 0. The second kappa shape index (κ2) is 6.09. The minimum absolute atomic E-state index is 0.0965. The van der Waals surface area contributed by atoms with Crippen LogP contribution in [-0.2, 0) is 6.42 Å². The van der Waals surface area contributed by atoms with E-state index in [9.17, 15) is 4.79 Å². The zero-order valence-electron chi connectivity index (χ0n) is 10.3. The van der Waals surface area contributed by atoms with Gasteiger partial charge in [-0.2, -0.15) is 0 Å². The maximum absolute atomic E-state index is 12.2. The molecule has 0 amide bonds. The maximum atomic E-state index is 12.2. The minimum atomic E-state index is -0.0965. The number of Topliss-reactive ketones (excluding diaryl/α,β-unsaturated/α-hetero) is 1. The van der Waals surface area contributed by atoms with Crippen molar-refractivity contribution in [3.8, 4) is 5.75 Å². The van der Waals surface area contributed by atoms with E-state index in [0.717, 1.165) is 11.3 Å². The van der Waals surface area contributed by atoms with E-state index in [1.165, 1.54) is 0 Å². The SMILES string of the molecule is COc1ccc(CC(=O)c2c(Cl)cccc2Cl)cc1. The van der Waals surface area contributed by atoms with Crippen molar-refractivity contribution in [3.63, 3.8) is 0 Å². The summed E-state index contributed by atoms with van der Waals surface area (Å²) < 4.78 is 5.07. The molecule has 0 fully saturated rings. The zero-order valence-corrected chi connectivity index (χ0v) is 11.8. The van der Waals surface area contributed by atoms with Crippen LogP contribution < -0.4 is 4.74 Å². The molecule has 0 aromatic heterocycles. The zero-order chi connectivity index (χ0) is 13.8. The highest BCUT2D eigenvalue weighted by molar-refractivity contribution is 6.39. The van der Waals surface area contributed by atoms with E-state index < -0.39 is 0 Å². The van der Waals surface area contributed by atoms with Crippen LogP contribution >= 0.6 is 23.2 Å². The molecule has 0 aliphatic carbocycles. The summed E-state index contributed by atoms with van der Waals surface area (Å²) in [5, 5.41) is 0.761. The average Bonchev–Trinajstić information content (AvgIpc) is 2.39. The van der Waals surface area contributed by atoms with Crippen molar-refractivity contribution in [3.05, 3.63) is 63.6 Å². The summed E-state index contributed by atoms with van der Waals surface area (Å²) in [5.41, 5.74) is 1.27.